The van der Waals surface area contributed by atoms with E-state index < -0.39 is 6.43 Å². The smallest absolute Gasteiger partial charge is 0.251 e. The van der Waals surface area contributed by atoms with Crippen molar-refractivity contribution < 1.29 is 8.78 Å². The molecule has 2 atom stereocenters. The van der Waals surface area contributed by atoms with Gasteiger partial charge in [-0.2, -0.15) is 0 Å². The molecule has 5 nitrogen and oxygen atoms in total. The molecule has 1 aromatic rings. The van der Waals surface area contributed by atoms with Crippen LogP contribution in [0.4, 0.5) is 8.78 Å². The van der Waals surface area contributed by atoms with E-state index in [4.69, 9.17) is 0 Å². The summed E-state index contributed by atoms with van der Waals surface area (Å²) in [6, 6.07) is 1.54. The maximum Gasteiger partial charge on any atom is 0.251 e. The molecular weight excluding hydrogens is 290 g/mol. The van der Waals surface area contributed by atoms with Crippen LogP contribution in [0.2, 0.25) is 0 Å². The van der Waals surface area contributed by atoms with Crippen molar-refractivity contribution >= 4 is 0 Å². The van der Waals surface area contributed by atoms with Gasteiger partial charge in [0, 0.05) is 37.4 Å². The van der Waals surface area contributed by atoms with Crippen molar-refractivity contribution in [3.8, 4) is 0 Å². The Balaban J connectivity index is 2.08. The lowest BCUT2D eigenvalue weighted by molar-refractivity contribution is 0.00672. The van der Waals surface area contributed by atoms with Gasteiger partial charge < -0.3 is 4.98 Å². The number of H-pyrrole nitrogens is 1. The van der Waals surface area contributed by atoms with Crippen LogP contribution in [0, 0.1) is 6.92 Å². The van der Waals surface area contributed by atoms with Gasteiger partial charge in [0.1, 0.15) is 5.82 Å². The second-order valence-electron chi connectivity index (χ2n) is 5.89. The third-order valence-electron chi connectivity index (χ3n) is 4.31. The summed E-state index contributed by atoms with van der Waals surface area (Å²) in [5.74, 6) is 0.641. The number of halogens is 2. The Bertz CT molecular complexity index is 549. The number of hydrogen-bond acceptors (Lipinski definition) is 4. The zero-order valence-electron chi connectivity index (χ0n) is 13.4. The van der Waals surface area contributed by atoms with Gasteiger partial charge in [0.15, 0.2) is 0 Å². The molecule has 1 N–H and O–H groups in total. The predicted molar refractivity (Wildman–Crippen MR) is 81.2 cm³/mol. The molecular formula is C15H24F2N4O. The fraction of sp³-hybridized carbons (Fsp3) is 0.733. The molecule has 1 aliphatic heterocycles. The lowest BCUT2D eigenvalue weighted by Crippen LogP contribution is -2.54. The van der Waals surface area contributed by atoms with Gasteiger partial charge in [0.2, 0.25) is 0 Å². The lowest BCUT2D eigenvalue weighted by atomic mass is 10.1. The summed E-state index contributed by atoms with van der Waals surface area (Å²) in [4.78, 5) is 22.8. The van der Waals surface area contributed by atoms with E-state index in [1.165, 1.54) is 6.07 Å². The molecule has 0 radical (unpaired) electrons. The lowest BCUT2D eigenvalue weighted by Gasteiger charge is -2.43. The van der Waals surface area contributed by atoms with Gasteiger partial charge in [-0.05, 0) is 20.3 Å². The molecule has 22 heavy (non-hydrogen) atoms. The van der Waals surface area contributed by atoms with Crippen LogP contribution in [0.1, 0.15) is 37.8 Å². The molecule has 0 amide bonds. The maximum absolute atomic E-state index is 12.6. The van der Waals surface area contributed by atoms with Crippen molar-refractivity contribution in [2.24, 2.45) is 0 Å². The van der Waals surface area contributed by atoms with E-state index in [0.29, 0.717) is 31.2 Å². The van der Waals surface area contributed by atoms with Crippen LogP contribution >= 0.6 is 0 Å². The van der Waals surface area contributed by atoms with Crippen LogP contribution in [0.3, 0.4) is 0 Å². The average molecular weight is 314 g/mol. The minimum atomic E-state index is -2.30. The van der Waals surface area contributed by atoms with E-state index in [-0.39, 0.29) is 24.2 Å². The number of nitrogens with zero attached hydrogens (tertiary/aromatic N) is 3. The van der Waals surface area contributed by atoms with Crippen molar-refractivity contribution in [3.63, 3.8) is 0 Å². The molecule has 0 saturated carbocycles. The number of aromatic nitrogens is 2. The molecule has 0 bridgehead atoms. The number of piperazine rings is 1. The standard InChI is InChI=1S/C15H24F2N4O/c1-4-12-8-20(5-6-21(12)9-13(16)17)11(3)15-18-10(2)7-14(22)19-15/h7,11-13H,4-6,8-9H2,1-3H3,(H,18,19,22). The number of nitrogens with one attached hydrogen (secondary N) is 1. The molecule has 1 aromatic heterocycles. The van der Waals surface area contributed by atoms with E-state index in [9.17, 15) is 13.6 Å². The molecule has 7 heteroatoms. The summed E-state index contributed by atoms with van der Waals surface area (Å²) >= 11 is 0. The minimum Gasteiger partial charge on any atom is -0.309 e. The fourth-order valence-electron chi connectivity index (χ4n) is 3.05. The van der Waals surface area contributed by atoms with Crippen LogP contribution in [0.25, 0.3) is 0 Å². The Morgan fingerprint density at radius 3 is 2.77 bits per heavy atom. The normalized spacial score (nSPS) is 22.2. The van der Waals surface area contributed by atoms with Crippen LogP contribution in [0.15, 0.2) is 10.9 Å². The Morgan fingerprint density at radius 1 is 1.45 bits per heavy atom. The first-order valence-corrected chi connectivity index (χ1v) is 7.74. The summed E-state index contributed by atoms with van der Waals surface area (Å²) in [5, 5.41) is 0. The highest BCUT2D eigenvalue weighted by Crippen LogP contribution is 2.22. The van der Waals surface area contributed by atoms with E-state index in [1.807, 2.05) is 18.7 Å². The summed E-state index contributed by atoms with van der Waals surface area (Å²) in [6.45, 7) is 7.66. The summed E-state index contributed by atoms with van der Waals surface area (Å²) in [5.41, 5.74) is 0.534. The van der Waals surface area contributed by atoms with E-state index in [2.05, 4.69) is 14.9 Å². The van der Waals surface area contributed by atoms with Gasteiger partial charge >= 0.3 is 0 Å². The quantitative estimate of drug-likeness (QED) is 0.900. The predicted octanol–water partition coefficient (Wildman–Crippen LogP) is 1.80. The monoisotopic (exact) mass is 314 g/mol. The summed E-state index contributed by atoms with van der Waals surface area (Å²) < 4.78 is 25.3. The third kappa shape index (κ3) is 4.10. The van der Waals surface area contributed by atoms with Gasteiger partial charge in [-0.15, -0.1) is 0 Å². The Hall–Kier alpha value is -1.34. The van der Waals surface area contributed by atoms with Crippen LogP contribution in [0.5, 0.6) is 0 Å². The second-order valence-corrected chi connectivity index (χ2v) is 5.89. The first-order valence-electron chi connectivity index (χ1n) is 7.74. The van der Waals surface area contributed by atoms with E-state index in [1.54, 1.807) is 6.92 Å². The number of aryl methyl sites for hydroxylation is 1. The van der Waals surface area contributed by atoms with E-state index >= 15 is 0 Å². The third-order valence-corrected chi connectivity index (χ3v) is 4.31. The van der Waals surface area contributed by atoms with Crippen molar-refractivity contribution in [2.75, 3.05) is 26.2 Å². The number of rotatable bonds is 5. The molecule has 1 fully saturated rings. The molecule has 0 aliphatic carbocycles. The highest BCUT2D eigenvalue weighted by molar-refractivity contribution is 5.04. The molecule has 124 valence electrons. The van der Waals surface area contributed by atoms with E-state index in [0.717, 1.165) is 6.42 Å². The van der Waals surface area contributed by atoms with Crippen molar-refractivity contribution in [1.29, 1.82) is 0 Å². The van der Waals surface area contributed by atoms with Crippen molar-refractivity contribution in [3.05, 3.63) is 27.9 Å². The molecule has 2 heterocycles. The SMILES string of the molecule is CCC1CN(C(C)c2nc(C)cc(=O)[nH]2)CCN1CC(F)F. The molecule has 2 unspecified atom stereocenters. The molecule has 1 aliphatic rings. The number of alkyl halides is 2. The molecule has 0 aromatic carbocycles. The Morgan fingerprint density at radius 2 is 2.18 bits per heavy atom. The zero-order valence-corrected chi connectivity index (χ0v) is 13.4. The summed E-state index contributed by atoms with van der Waals surface area (Å²) in [6.07, 6.45) is -1.47. The molecule has 2 rings (SSSR count). The van der Waals surface area contributed by atoms with Gasteiger partial charge in [0.25, 0.3) is 12.0 Å². The Kier molecular flexibility index (Phi) is 5.63. The van der Waals surface area contributed by atoms with Crippen molar-refractivity contribution in [1.82, 2.24) is 19.8 Å². The molecule has 1 saturated heterocycles. The average Bonchev–Trinajstić information content (AvgIpc) is 2.45. The number of hydrogen-bond donors (Lipinski definition) is 1. The van der Waals surface area contributed by atoms with Crippen LogP contribution in [-0.4, -0.2) is 58.4 Å². The van der Waals surface area contributed by atoms with Gasteiger partial charge in [0.05, 0.1) is 12.6 Å². The number of aromatic amines is 1. The first kappa shape index (κ1) is 17.0. The minimum absolute atomic E-state index is 0.0321. The largest absolute Gasteiger partial charge is 0.309 e. The second kappa shape index (κ2) is 7.28. The van der Waals surface area contributed by atoms with Crippen molar-refractivity contribution in [2.45, 2.75) is 45.7 Å². The van der Waals surface area contributed by atoms with Crippen LogP contribution < -0.4 is 5.56 Å². The maximum atomic E-state index is 12.6. The molecule has 0 spiro atoms. The fourth-order valence-corrected chi connectivity index (χ4v) is 3.05. The highest BCUT2D eigenvalue weighted by Gasteiger charge is 2.30. The summed E-state index contributed by atoms with van der Waals surface area (Å²) in [7, 11) is 0. The van der Waals surface area contributed by atoms with Gasteiger partial charge in [-0.25, -0.2) is 13.8 Å². The zero-order chi connectivity index (χ0) is 16.3. The van der Waals surface area contributed by atoms with Crippen LogP contribution in [-0.2, 0) is 0 Å². The van der Waals surface area contributed by atoms with Gasteiger partial charge in [-0.1, -0.05) is 6.92 Å². The van der Waals surface area contributed by atoms with Gasteiger partial charge in [-0.3, -0.25) is 14.6 Å². The Labute approximate surface area is 129 Å². The topological polar surface area (TPSA) is 52.2 Å². The first-order chi connectivity index (χ1) is 10.4. The highest BCUT2D eigenvalue weighted by atomic mass is 19.3.